The van der Waals surface area contributed by atoms with Crippen LogP contribution in [0.4, 0.5) is 5.69 Å². The minimum Gasteiger partial charge on any atom is -0.370 e. The molecule has 1 aliphatic carbocycles. The van der Waals surface area contributed by atoms with Crippen LogP contribution in [-0.2, 0) is 6.54 Å². The third-order valence-electron chi connectivity index (χ3n) is 3.68. The molecule has 20 heavy (non-hydrogen) atoms. The van der Waals surface area contributed by atoms with Gasteiger partial charge in [-0.1, -0.05) is 19.9 Å². The molecule has 1 aliphatic rings. The second-order valence-corrected chi connectivity index (χ2v) is 5.61. The molecule has 1 saturated carbocycles. The summed E-state index contributed by atoms with van der Waals surface area (Å²) in [5, 5.41) is 12.9. The zero-order chi connectivity index (χ0) is 14.4. The SMILES string of the molecule is CCCN(CCC)c1ccc(CNC2CC2)cc1C#N. The molecular weight excluding hydrogens is 246 g/mol. The summed E-state index contributed by atoms with van der Waals surface area (Å²) in [6, 6.07) is 9.39. The molecule has 0 aliphatic heterocycles. The molecule has 1 aromatic carbocycles. The first-order valence-electron chi connectivity index (χ1n) is 7.79. The molecule has 3 nitrogen and oxygen atoms in total. The van der Waals surface area contributed by atoms with E-state index in [1.54, 1.807) is 0 Å². The fourth-order valence-corrected chi connectivity index (χ4v) is 2.50. The Labute approximate surface area is 122 Å². The normalized spacial score (nSPS) is 14.1. The van der Waals surface area contributed by atoms with Crippen molar-refractivity contribution in [1.82, 2.24) is 5.32 Å². The molecule has 1 N–H and O–H groups in total. The fourth-order valence-electron chi connectivity index (χ4n) is 2.50. The lowest BCUT2D eigenvalue weighted by Crippen LogP contribution is -2.26. The highest BCUT2D eigenvalue weighted by atomic mass is 15.1. The standard InChI is InChI=1S/C17H25N3/c1-3-9-20(10-4-2)17-8-5-14(11-15(17)12-18)13-19-16-6-7-16/h5,8,11,16,19H,3-4,6-7,9-10,13H2,1-2H3. The molecule has 1 aromatic rings. The van der Waals surface area contributed by atoms with Crippen LogP contribution in [0, 0.1) is 11.3 Å². The van der Waals surface area contributed by atoms with Crippen molar-refractivity contribution in [2.45, 2.75) is 52.1 Å². The van der Waals surface area contributed by atoms with Crippen LogP contribution in [0.25, 0.3) is 0 Å². The number of nitriles is 1. The predicted molar refractivity (Wildman–Crippen MR) is 83.8 cm³/mol. The first-order chi connectivity index (χ1) is 9.78. The largest absolute Gasteiger partial charge is 0.370 e. The van der Waals surface area contributed by atoms with Crippen LogP contribution in [0.3, 0.4) is 0 Å². The monoisotopic (exact) mass is 271 g/mol. The van der Waals surface area contributed by atoms with Gasteiger partial charge >= 0.3 is 0 Å². The van der Waals surface area contributed by atoms with Crippen molar-refractivity contribution in [2.75, 3.05) is 18.0 Å². The van der Waals surface area contributed by atoms with Crippen molar-refractivity contribution in [3.05, 3.63) is 29.3 Å². The molecule has 0 spiro atoms. The molecule has 2 rings (SSSR count). The Bertz CT molecular complexity index is 466. The van der Waals surface area contributed by atoms with Gasteiger partial charge in [-0.15, -0.1) is 0 Å². The molecule has 0 aromatic heterocycles. The van der Waals surface area contributed by atoms with Gasteiger partial charge < -0.3 is 10.2 Å². The minimum atomic E-state index is 0.705. The molecule has 3 heteroatoms. The maximum Gasteiger partial charge on any atom is 0.101 e. The van der Waals surface area contributed by atoms with E-state index in [0.717, 1.165) is 43.7 Å². The molecule has 0 amide bonds. The Morgan fingerprint density at radius 2 is 1.95 bits per heavy atom. The lowest BCUT2D eigenvalue weighted by molar-refractivity contribution is 0.687. The zero-order valence-electron chi connectivity index (χ0n) is 12.7. The summed E-state index contributed by atoms with van der Waals surface area (Å²) in [5.41, 5.74) is 3.11. The molecule has 0 bridgehead atoms. The summed E-state index contributed by atoms with van der Waals surface area (Å²) in [6.07, 6.45) is 4.81. The van der Waals surface area contributed by atoms with Gasteiger partial charge in [0.1, 0.15) is 6.07 Å². The van der Waals surface area contributed by atoms with Crippen LogP contribution in [0.2, 0.25) is 0 Å². The number of nitrogens with one attached hydrogen (secondary N) is 1. The summed E-state index contributed by atoms with van der Waals surface area (Å²) in [4.78, 5) is 2.33. The molecule has 0 atom stereocenters. The molecular formula is C17H25N3. The Morgan fingerprint density at radius 3 is 2.50 bits per heavy atom. The van der Waals surface area contributed by atoms with Gasteiger partial charge in [-0.05, 0) is 43.4 Å². The Hall–Kier alpha value is -1.53. The van der Waals surface area contributed by atoms with Crippen LogP contribution in [0.1, 0.15) is 50.7 Å². The highest BCUT2D eigenvalue weighted by molar-refractivity contribution is 5.60. The van der Waals surface area contributed by atoms with E-state index in [9.17, 15) is 5.26 Å². The lowest BCUT2D eigenvalue weighted by atomic mass is 10.1. The highest BCUT2D eigenvalue weighted by Crippen LogP contribution is 2.23. The molecule has 0 unspecified atom stereocenters. The van der Waals surface area contributed by atoms with Gasteiger partial charge in [-0.25, -0.2) is 0 Å². The first-order valence-corrected chi connectivity index (χ1v) is 7.79. The second-order valence-electron chi connectivity index (χ2n) is 5.61. The van der Waals surface area contributed by atoms with E-state index in [-0.39, 0.29) is 0 Å². The van der Waals surface area contributed by atoms with Crippen LogP contribution < -0.4 is 10.2 Å². The number of hydrogen-bond donors (Lipinski definition) is 1. The third-order valence-corrected chi connectivity index (χ3v) is 3.68. The average Bonchev–Trinajstić information content (AvgIpc) is 3.29. The quantitative estimate of drug-likeness (QED) is 0.787. The smallest absolute Gasteiger partial charge is 0.101 e. The number of nitrogens with zero attached hydrogens (tertiary/aromatic N) is 2. The molecule has 0 radical (unpaired) electrons. The third kappa shape index (κ3) is 3.98. The minimum absolute atomic E-state index is 0.705. The van der Waals surface area contributed by atoms with Gasteiger partial charge in [-0.2, -0.15) is 5.26 Å². The molecule has 0 saturated heterocycles. The van der Waals surface area contributed by atoms with Crippen LogP contribution in [0.5, 0.6) is 0 Å². The first kappa shape index (κ1) is 14.9. The van der Waals surface area contributed by atoms with Gasteiger partial charge in [0, 0.05) is 25.7 Å². The van der Waals surface area contributed by atoms with Gasteiger partial charge in [-0.3, -0.25) is 0 Å². The number of rotatable bonds is 8. The average molecular weight is 271 g/mol. The summed E-state index contributed by atoms with van der Waals surface area (Å²) >= 11 is 0. The lowest BCUT2D eigenvalue weighted by Gasteiger charge is -2.25. The van der Waals surface area contributed by atoms with Crippen molar-refractivity contribution in [1.29, 1.82) is 5.26 Å². The van der Waals surface area contributed by atoms with Crippen molar-refractivity contribution >= 4 is 5.69 Å². The number of benzene rings is 1. The van der Waals surface area contributed by atoms with E-state index >= 15 is 0 Å². The maximum absolute atomic E-state index is 9.42. The zero-order valence-corrected chi connectivity index (χ0v) is 12.7. The van der Waals surface area contributed by atoms with E-state index in [4.69, 9.17) is 0 Å². The van der Waals surface area contributed by atoms with Crippen molar-refractivity contribution in [2.24, 2.45) is 0 Å². The molecule has 108 valence electrons. The van der Waals surface area contributed by atoms with E-state index in [1.165, 1.54) is 18.4 Å². The van der Waals surface area contributed by atoms with E-state index in [1.807, 2.05) is 6.07 Å². The topological polar surface area (TPSA) is 39.1 Å². The van der Waals surface area contributed by atoms with Gasteiger partial charge in [0.25, 0.3) is 0 Å². The summed E-state index contributed by atoms with van der Waals surface area (Å²) in [6.45, 7) is 7.27. The summed E-state index contributed by atoms with van der Waals surface area (Å²) in [5.74, 6) is 0. The second kappa shape index (κ2) is 7.31. The van der Waals surface area contributed by atoms with E-state index in [2.05, 4.69) is 42.3 Å². The van der Waals surface area contributed by atoms with Gasteiger partial charge in [0.05, 0.1) is 11.3 Å². The Kier molecular flexibility index (Phi) is 5.43. The Balaban J connectivity index is 2.12. The van der Waals surface area contributed by atoms with Crippen LogP contribution >= 0.6 is 0 Å². The molecule has 0 heterocycles. The fraction of sp³-hybridized carbons (Fsp3) is 0.588. The van der Waals surface area contributed by atoms with Gasteiger partial charge in [0.2, 0.25) is 0 Å². The van der Waals surface area contributed by atoms with Crippen LogP contribution in [0.15, 0.2) is 18.2 Å². The number of hydrogen-bond acceptors (Lipinski definition) is 3. The Morgan fingerprint density at radius 1 is 1.25 bits per heavy atom. The summed E-state index contributed by atoms with van der Waals surface area (Å²) in [7, 11) is 0. The van der Waals surface area contributed by atoms with Crippen molar-refractivity contribution in [3.8, 4) is 6.07 Å². The summed E-state index contributed by atoms with van der Waals surface area (Å²) < 4.78 is 0. The highest BCUT2D eigenvalue weighted by Gasteiger charge is 2.20. The van der Waals surface area contributed by atoms with E-state index < -0.39 is 0 Å². The number of anilines is 1. The maximum atomic E-state index is 9.42. The predicted octanol–water partition coefficient (Wildman–Crippen LogP) is 3.44. The molecule has 1 fully saturated rings. The van der Waals surface area contributed by atoms with Crippen molar-refractivity contribution in [3.63, 3.8) is 0 Å². The van der Waals surface area contributed by atoms with Crippen LogP contribution in [-0.4, -0.2) is 19.1 Å². The van der Waals surface area contributed by atoms with E-state index in [0.29, 0.717) is 6.04 Å². The van der Waals surface area contributed by atoms with Crippen molar-refractivity contribution < 1.29 is 0 Å². The van der Waals surface area contributed by atoms with Gasteiger partial charge in [0.15, 0.2) is 0 Å².